The Kier molecular flexibility index (Phi) is 18.0. The number of hydrogen-bond donors (Lipinski definition) is 0. The van der Waals surface area contributed by atoms with Gasteiger partial charge >= 0.3 is 26.2 Å². The summed E-state index contributed by atoms with van der Waals surface area (Å²) in [5.74, 6) is 0. The molecule has 0 heterocycles. The fourth-order valence-electron chi connectivity index (χ4n) is 4.23. The Morgan fingerprint density at radius 3 is 1.30 bits per heavy atom. The van der Waals surface area contributed by atoms with Crippen LogP contribution in [-0.4, -0.2) is 0 Å². The van der Waals surface area contributed by atoms with Crippen molar-refractivity contribution in [3.8, 4) is 0 Å². The first kappa shape index (κ1) is 32.1. The van der Waals surface area contributed by atoms with Crippen molar-refractivity contribution in [1.82, 2.24) is 0 Å². The van der Waals surface area contributed by atoms with Crippen molar-refractivity contribution in [2.75, 3.05) is 0 Å². The van der Waals surface area contributed by atoms with Crippen LogP contribution in [0.15, 0.2) is 72.8 Å². The van der Waals surface area contributed by atoms with Crippen LogP contribution in [0, 0.1) is 0 Å². The first-order valence-electron chi connectivity index (χ1n) is 12.1. The van der Waals surface area contributed by atoms with Gasteiger partial charge in [-0.3, -0.25) is 0 Å². The minimum Gasteiger partial charge on any atom is -1.00 e. The van der Waals surface area contributed by atoms with Gasteiger partial charge in [-0.1, -0.05) is 77.3 Å². The zero-order chi connectivity index (χ0) is 21.0. The Morgan fingerprint density at radius 1 is 0.545 bits per heavy atom. The standard InChI is InChI=1S/2C15H19.2ClH.Zr/c2*1-2-3-4-5-8-13-11-14-9-6-7-10-15(14)12-13;;;/h2*6-7,9-12H,2-5,8H2,1H3;2*1H;/q2*-1;;;+4/p-2. The molecule has 0 N–H and O–H groups in total. The zero-order valence-corrected chi connectivity index (χ0v) is 24.2. The average molecular weight is 561 g/mol. The quantitative estimate of drug-likeness (QED) is 0.206. The van der Waals surface area contributed by atoms with Crippen LogP contribution in [0.3, 0.4) is 0 Å². The minimum atomic E-state index is 0. The second-order valence-electron chi connectivity index (χ2n) is 8.61. The first-order valence-corrected chi connectivity index (χ1v) is 12.1. The molecule has 0 aliphatic carbocycles. The monoisotopic (exact) mass is 558 g/mol. The van der Waals surface area contributed by atoms with Crippen molar-refractivity contribution in [1.29, 1.82) is 0 Å². The number of fused-ring (bicyclic) bond motifs is 2. The van der Waals surface area contributed by atoms with E-state index < -0.39 is 0 Å². The maximum atomic E-state index is 2.33. The molecule has 4 rings (SSSR count). The predicted octanol–water partition coefficient (Wildman–Crippen LogP) is 3.37. The number of rotatable bonds is 10. The van der Waals surface area contributed by atoms with Gasteiger partial charge in [0, 0.05) is 0 Å². The van der Waals surface area contributed by atoms with Crippen molar-refractivity contribution in [3.63, 3.8) is 0 Å². The van der Waals surface area contributed by atoms with E-state index in [1.807, 2.05) is 0 Å². The third-order valence-corrected chi connectivity index (χ3v) is 5.99. The number of aryl methyl sites for hydroxylation is 2. The molecule has 4 aromatic rings. The van der Waals surface area contributed by atoms with E-state index in [0.717, 1.165) is 0 Å². The van der Waals surface area contributed by atoms with Crippen LogP contribution in [0.2, 0.25) is 0 Å². The zero-order valence-electron chi connectivity index (χ0n) is 20.3. The van der Waals surface area contributed by atoms with Gasteiger partial charge in [-0.15, -0.1) is 81.2 Å². The molecular formula is C30H38Cl2Zr. The van der Waals surface area contributed by atoms with E-state index >= 15 is 0 Å². The van der Waals surface area contributed by atoms with E-state index in [1.54, 1.807) is 0 Å². The molecule has 176 valence electrons. The van der Waals surface area contributed by atoms with Gasteiger partial charge in [0.05, 0.1) is 0 Å². The molecule has 3 heteroatoms. The topological polar surface area (TPSA) is 0 Å². The fraction of sp³-hybridized carbons (Fsp3) is 0.400. The largest absolute Gasteiger partial charge is 4.00 e. The second-order valence-corrected chi connectivity index (χ2v) is 8.61. The molecule has 0 aliphatic heterocycles. The van der Waals surface area contributed by atoms with E-state index in [1.165, 1.54) is 96.9 Å². The van der Waals surface area contributed by atoms with E-state index in [4.69, 9.17) is 0 Å². The molecule has 0 fully saturated rings. The Labute approximate surface area is 233 Å². The molecular weight excluding hydrogens is 522 g/mol. The smallest absolute Gasteiger partial charge is 1.00 e. The van der Waals surface area contributed by atoms with Crippen LogP contribution >= 0.6 is 0 Å². The third-order valence-electron chi connectivity index (χ3n) is 5.99. The molecule has 0 nitrogen and oxygen atoms in total. The van der Waals surface area contributed by atoms with Crippen LogP contribution in [-0.2, 0) is 39.0 Å². The molecule has 33 heavy (non-hydrogen) atoms. The molecule has 0 bridgehead atoms. The van der Waals surface area contributed by atoms with Crippen LogP contribution in [0.1, 0.15) is 76.3 Å². The minimum absolute atomic E-state index is 0. The molecule has 0 saturated carbocycles. The van der Waals surface area contributed by atoms with Gasteiger partial charge < -0.3 is 24.8 Å². The molecule has 0 aromatic heterocycles. The van der Waals surface area contributed by atoms with Crippen LogP contribution in [0.5, 0.6) is 0 Å². The van der Waals surface area contributed by atoms with Gasteiger partial charge in [0.15, 0.2) is 0 Å². The van der Waals surface area contributed by atoms with Gasteiger partial charge in [0.2, 0.25) is 0 Å². The Hall–Kier alpha value is -0.877. The molecule has 0 amide bonds. The molecule has 0 atom stereocenters. The number of halogens is 2. The summed E-state index contributed by atoms with van der Waals surface area (Å²) in [5.41, 5.74) is 3.01. The number of hydrogen-bond acceptors (Lipinski definition) is 0. The summed E-state index contributed by atoms with van der Waals surface area (Å²) in [5, 5.41) is 5.57. The summed E-state index contributed by atoms with van der Waals surface area (Å²) in [7, 11) is 0. The second kappa shape index (κ2) is 18.5. The molecule has 0 radical (unpaired) electrons. The molecule has 0 unspecified atom stereocenters. The summed E-state index contributed by atoms with van der Waals surface area (Å²) < 4.78 is 0. The normalized spacial score (nSPS) is 10.0. The van der Waals surface area contributed by atoms with E-state index in [-0.39, 0.29) is 51.0 Å². The average Bonchev–Trinajstić information content (AvgIpc) is 3.38. The van der Waals surface area contributed by atoms with Crippen molar-refractivity contribution in [3.05, 3.63) is 83.9 Å². The van der Waals surface area contributed by atoms with Crippen molar-refractivity contribution >= 4 is 21.5 Å². The molecule has 0 saturated heterocycles. The molecule has 0 aliphatic rings. The van der Waals surface area contributed by atoms with E-state index in [0.29, 0.717) is 0 Å². The summed E-state index contributed by atoms with van der Waals surface area (Å²) in [6.45, 7) is 4.52. The van der Waals surface area contributed by atoms with Crippen LogP contribution < -0.4 is 24.8 Å². The number of benzene rings is 2. The van der Waals surface area contributed by atoms with E-state index in [9.17, 15) is 0 Å². The SMILES string of the molecule is CCCCCCc1cc2ccccc2[cH-]1.CCCCCCc1cc2ccccc2[cH-]1.[Cl-].[Cl-].[Zr+4]. The Morgan fingerprint density at radius 2 is 0.939 bits per heavy atom. The molecule has 4 aromatic carbocycles. The van der Waals surface area contributed by atoms with Gasteiger partial charge in [-0.2, -0.15) is 12.1 Å². The number of unbranched alkanes of at least 4 members (excludes halogenated alkanes) is 6. The van der Waals surface area contributed by atoms with Crippen molar-refractivity contribution in [2.24, 2.45) is 0 Å². The summed E-state index contributed by atoms with van der Waals surface area (Å²) in [6, 6.07) is 26.6. The molecule has 0 spiro atoms. The van der Waals surface area contributed by atoms with Crippen LogP contribution in [0.25, 0.3) is 21.5 Å². The third kappa shape index (κ3) is 10.9. The van der Waals surface area contributed by atoms with E-state index in [2.05, 4.69) is 86.6 Å². The van der Waals surface area contributed by atoms with Gasteiger partial charge in [-0.05, 0) is 12.8 Å². The summed E-state index contributed by atoms with van der Waals surface area (Å²) in [6.07, 6.45) is 13.3. The van der Waals surface area contributed by atoms with Crippen LogP contribution in [0.4, 0.5) is 0 Å². The van der Waals surface area contributed by atoms with Gasteiger partial charge in [0.25, 0.3) is 0 Å². The summed E-state index contributed by atoms with van der Waals surface area (Å²) in [4.78, 5) is 0. The fourth-order valence-corrected chi connectivity index (χ4v) is 4.23. The Balaban J connectivity index is 0.000000569. The Bertz CT molecular complexity index is 851. The van der Waals surface area contributed by atoms with Gasteiger partial charge in [-0.25, -0.2) is 0 Å². The van der Waals surface area contributed by atoms with Crippen molar-refractivity contribution in [2.45, 2.75) is 78.1 Å². The summed E-state index contributed by atoms with van der Waals surface area (Å²) >= 11 is 0. The maximum Gasteiger partial charge on any atom is 4.00 e. The predicted molar refractivity (Wildman–Crippen MR) is 135 cm³/mol. The van der Waals surface area contributed by atoms with Gasteiger partial charge in [0.1, 0.15) is 0 Å². The maximum absolute atomic E-state index is 2.33. The van der Waals surface area contributed by atoms with Crippen molar-refractivity contribution < 1.29 is 51.0 Å². The first-order chi connectivity index (χ1) is 14.8.